The van der Waals surface area contributed by atoms with Gasteiger partial charge in [-0.1, -0.05) is 19.0 Å². The number of nitrogens with zero attached hydrogens (tertiary/aromatic N) is 7. The summed E-state index contributed by atoms with van der Waals surface area (Å²) in [5.41, 5.74) is 0.599. The topological polar surface area (TPSA) is 129 Å². The van der Waals surface area contributed by atoms with Gasteiger partial charge >= 0.3 is 6.01 Å². The van der Waals surface area contributed by atoms with E-state index in [4.69, 9.17) is 9.26 Å². The number of aromatic nitrogens is 6. The third-order valence-corrected chi connectivity index (χ3v) is 7.01. The molecule has 13 heteroatoms. The maximum Gasteiger partial charge on any atom is 0.324 e. The van der Waals surface area contributed by atoms with Crippen molar-refractivity contribution < 1.29 is 22.1 Å². The number of anilines is 1. The van der Waals surface area contributed by atoms with Gasteiger partial charge in [-0.3, -0.25) is 0 Å². The van der Waals surface area contributed by atoms with Gasteiger partial charge in [0.15, 0.2) is 21.3 Å². The van der Waals surface area contributed by atoms with E-state index in [-0.39, 0.29) is 23.6 Å². The molecule has 0 spiro atoms. The lowest BCUT2D eigenvalue weighted by Gasteiger charge is -2.30. The number of fused-ring (bicyclic) bond motifs is 1. The second-order valence-corrected chi connectivity index (χ2v) is 10.8. The predicted molar refractivity (Wildman–Crippen MR) is 124 cm³/mol. The molecule has 0 saturated carbocycles. The van der Waals surface area contributed by atoms with E-state index >= 15 is 0 Å². The molecule has 1 saturated heterocycles. The van der Waals surface area contributed by atoms with Gasteiger partial charge in [-0.2, -0.15) is 4.98 Å². The maximum absolute atomic E-state index is 14.3. The Morgan fingerprint density at radius 2 is 2.00 bits per heavy atom. The fourth-order valence-electron chi connectivity index (χ4n) is 4.03. The molecule has 4 aromatic rings. The first-order valence-electron chi connectivity index (χ1n) is 11.1. The monoisotopic (exact) mass is 501 g/mol. The van der Waals surface area contributed by atoms with E-state index in [0.717, 1.165) is 25.2 Å². The van der Waals surface area contributed by atoms with Crippen LogP contribution in [0.5, 0.6) is 11.6 Å². The summed E-state index contributed by atoms with van der Waals surface area (Å²) in [6.07, 6.45) is 5.50. The highest BCUT2D eigenvalue weighted by atomic mass is 32.2. The Morgan fingerprint density at radius 1 is 1.23 bits per heavy atom. The van der Waals surface area contributed by atoms with E-state index in [1.54, 1.807) is 10.9 Å². The van der Waals surface area contributed by atoms with Crippen LogP contribution in [0.4, 0.5) is 10.4 Å². The van der Waals surface area contributed by atoms with Crippen LogP contribution in [0.3, 0.4) is 0 Å². The Morgan fingerprint density at radius 3 is 2.66 bits per heavy atom. The van der Waals surface area contributed by atoms with Crippen LogP contribution in [0.15, 0.2) is 40.1 Å². The molecule has 1 aromatic carbocycles. The van der Waals surface area contributed by atoms with Crippen LogP contribution in [0.1, 0.15) is 44.5 Å². The fraction of sp³-hybridized carbons (Fsp3) is 0.409. The van der Waals surface area contributed by atoms with Gasteiger partial charge in [-0.15, -0.1) is 5.10 Å². The van der Waals surface area contributed by atoms with E-state index in [0.29, 0.717) is 36.0 Å². The number of sulfone groups is 1. The van der Waals surface area contributed by atoms with Crippen LogP contribution in [-0.4, -0.2) is 57.7 Å². The van der Waals surface area contributed by atoms with Crippen molar-refractivity contribution in [2.45, 2.75) is 43.5 Å². The number of hydrogen-bond donors (Lipinski definition) is 0. The molecule has 0 unspecified atom stereocenters. The first kappa shape index (κ1) is 23.1. The molecule has 4 heterocycles. The minimum atomic E-state index is -3.69. The minimum absolute atomic E-state index is 0.0397. The summed E-state index contributed by atoms with van der Waals surface area (Å²) in [5, 5.41) is 9.22. The Kier molecular flexibility index (Phi) is 5.87. The lowest BCUT2D eigenvalue weighted by molar-refractivity contribution is 0.339. The first-order chi connectivity index (χ1) is 16.7. The second kappa shape index (κ2) is 8.87. The fourth-order valence-corrected chi connectivity index (χ4v) is 4.76. The average molecular weight is 502 g/mol. The molecule has 35 heavy (non-hydrogen) atoms. The molecule has 184 valence electrons. The van der Waals surface area contributed by atoms with Crippen molar-refractivity contribution in [1.29, 1.82) is 0 Å². The number of hydrogen-bond acceptors (Lipinski definition) is 10. The SMILES string of the molecule is CC(C)c1noc(N2CCC(n3nc(Oc4ccc(S(C)(=O)=O)c(F)c4)c4cncnc43)CC2)n1. The van der Waals surface area contributed by atoms with E-state index in [2.05, 4.69) is 30.1 Å². The molecule has 0 bridgehead atoms. The van der Waals surface area contributed by atoms with Gasteiger partial charge < -0.3 is 14.2 Å². The highest BCUT2D eigenvalue weighted by Crippen LogP contribution is 2.34. The molecule has 3 aromatic heterocycles. The van der Waals surface area contributed by atoms with Gasteiger partial charge in [0, 0.05) is 37.5 Å². The smallest absolute Gasteiger partial charge is 0.324 e. The van der Waals surface area contributed by atoms with Crippen molar-refractivity contribution >= 4 is 26.9 Å². The van der Waals surface area contributed by atoms with Crippen LogP contribution < -0.4 is 9.64 Å². The molecule has 0 radical (unpaired) electrons. The third-order valence-electron chi connectivity index (χ3n) is 5.88. The third kappa shape index (κ3) is 4.55. The summed E-state index contributed by atoms with van der Waals surface area (Å²) in [6.45, 7) is 5.43. The Hall–Kier alpha value is -3.61. The number of halogens is 1. The molecule has 5 rings (SSSR count). The van der Waals surface area contributed by atoms with Crippen molar-refractivity contribution in [1.82, 2.24) is 29.9 Å². The van der Waals surface area contributed by atoms with Gasteiger partial charge in [0.2, 0.25) is 5.88 Å². The second-order valence-electron chi connectivity index (χ2n) is 8.78. The van der Waals surface area contributed by atoms with E-state index in [1.807, 2.05) is 13.8 Å². The molecule has 1 aliphatic rings. The normalized spacial score (nSPS) is 15.3. The Balaban J connectivity index is 1.37. The van der Waals surface area contributed by atoms with E-state index < -0.39 is 20.5 Å². The van der Waals surface area contributed by atoms with Crippen molar-refractivity contribution in [3.05, 3.63) is 42.4 Å². The maximum atomic E-state index is 14.3. The van der Waals surface area contributed by atoms with Crippen molar-refractivity contribution in [2.24, 2.45) is 0 Å². The number of rotatable bonds is 6. The standard InChI is InChI=1S/C22H24FN7O4S/c1-13(2)19-26-22(34-28-19)29-8-6-14(7-9-29)30-20-16(11-24-12-25-20)21(27-30)33-15-4-5-18(17(23)10-15)35(3,31)32/h4-5,10-14H,6-9H2,1-3H3. The molecule has 1 fully saturated rings. The van der Waals surface area contributed by atoms with Crippen LogP contribution in [0, 0.1) is 5.82 Å². The Labute approximate surface area is 200 Å². The molecule has 0 amide bonds. The molecule has 0 aliphatic carbocycles. The van der Waals surface area contributed by atoms with Crippen LogP contribution >= 0.6 is 0 Å². The van der Waals surface area contributed by atoms with Crippen molar-refractivity contribution in [3.63, 3.8) is 0 Å². The summed E-state index contributed by atoms with van der Waals surface area (Å²) in [4.78, 5) is 14.6. The van der Waals surface area contributed by atoms with Gasteiger partial charge in [-0.25, -0.2) is 27.5 Å². The number of ether oxygens (including phenoxy) is 1. The molecule has 1 aliphatic heterocycles. The molecule has 0 atom stereocenters. The number of benzene rings is 1. The highest BCUT2D eigenvalue weighted by molar-refractivity contribution is 7.90. The predicted octanol–water partition coefficient (Wildman–Crippen LogP) is 3.51. The quantitative estimate of drug-likeness (QED) is 0.387. The summed E-state index contributed by atoms with van der Waals surface area (Å²) in [7, 11) is -3.69. The van der Waals surface area contributed by atoms with Gasteiger partial charge in [0.05, 0.1) is 6.04 Å². The zero-order valence-corrected chi connectivity index (χ0v) is 20.2. The van der Waals surface area contributed by atoms with Crippen LogP contribution in [-0.2, 0) is 9.84 Å². The number of piperidine rings is 1. The zero-order chi connectivity index (χ0) is 24.7. The van der Waals surface area contributed by atoms with E-state index in [1.165, 1.54) is 18.5 Å². The molecule has 0 N–H and O–H groups in total. The summed E-state index contributed by atoms with van der Waals surface area (Å²) >= 11 is 0. The van der Waals surface area contributed by atoms with Crippen LogP contribution in [0.2, 0.25) is 0 Å². The van der Waals surface area contributed by atoms with Gasteiger partial charge in [0.1, 0.15) is 28.2 Å². The van der Waals surface area contributed by atoms with Crippen LogP contribution in [0.25, 0.3) is 11.0 Å². The lowest BCUT2D eigenvalue weighted by atomic mass is 10.1. The largest absolute Gasteiger partial charge is 0.437 e. The first-order valence-corrected chi connectivity index (χ1v) is 13.0. The summed E-state index contributed by atoms with van der Waals surface area (Å²) in [5.74, 6) is 0.318. The van der Waals surface area contributed by atoms with E-state index in [9.17, 15) is 12.8 Å². The summed E-state index contributed by atoms with van der Waals surface area (Å²) < 4.78 is 50.8. The Bertz CT molecular complexity index is 1480. The van der Waals surface area contributed by atoms with Gasteiger partial charge in [0.25, 0.3) is 0 Å². The van der Waals surface area contributed by atoms with Gasteiger partial charge in [-0.05, 0) is 25.0 Å². The molecular formula is C22H24FN7O4S. The van der Waals surface area contributed by atoms with Crippen molar-refractivity contribution in [3.8, 4) is 11.6 Å². The lowest BCUT2D eigenvalue weighted by Crippen LogP contribution is -2.35. The average Bonchev–Trinajstić information content (AvgIpc) is 3.45. The molecular weight excluding hydrogens is 477 g/mol. The summed E-state index contributed by atoms with van der Waals surface area (Å²) in [6, 6.07) is 4.15. The molecule has 11 nitrogen and oxygen atoms in total. The minimum Gasteiger partial charge on any atom is -0.437 e. The highest BCUT2D eigenvalue weighted by Gasteiger charge is 2.28. The zero-order valence-electron chi connectivity index (χ0n) is 19.4. The van der Waals surface area contributed by atoms with Crippen molar-refractivity contribution in [2.75, 3.05) is 24.2 Å².